The summed E-state index contributed by atoms with van der Waals surface area (Å²) in [7, 11) is 0. The Bertz CT molecular complexity index is 877. The van der Waals surface area contributed by atoms with Gasteiger partial charge < -0.3 is 10.0 Å². The Morgan fingerprint density at radius 1 is 1.26 bits per heavy atom. The van der Waals surface area contributed by atoms with Crippen molar-refractivity contribution in [3.05, 3.63) is 52.6 Å². The molecule has 27 heavy (non-hydrogen) atoms. The highest BCUT2D eigenvalue weighted by Crippen LogP contribution is 2.33. The Morgan fingerprint density at radius 2 is 2.00 bits per heavy atom. The van der Waals surface area contributed by atoms with Gasteiger partial charge in [0, 0.05) is 37.7 Å². The molecule has 144 valence electrons. The Kier molecular flexibility index (Phi) is 5.30. The van der Waals surface area contributed by atoms with Crippen LogP contribution in [0, 0.1) is 32.5 Å². The van der Waals surface area contributed by atoms with E-state index in [4.69, 9.17) is 0 Å². The molecule has 2 heterocycles. The minimum Gasteiger partial charge on any atom is -0.481 e. The summed E-state index contributed by atoms with van der Waals surface area (Å²) in [6.07, 6.45) is 0.254. The van der Waals surface area contributed by atoms with Crippen molar-refractivity contribution >= 4 is 11.9 Å². The maximum Gasteiger partial charge on any atom is 0.308 e. The molecule has 2 aromatic rings. The van der Waals surface area contributed by atoms with Crippen LogP contribution in [0.3, 0.4) is 0 Å². The average Bonchev–Trinajstić information content (AvgIpc) is 3.18. The molecule has 2 atom stereocenters. The second kappa shape index (κ2) is 7.50. The van der Waals surface area contributed by atoms with Crippen LogP contribution >= 0.6 is 0 Å². The van der Waals surface area contributed by atoms with E-state index >= 15 is 0 Å². The maximum absolute atomic E-state index is 13.5. The highest BCUT2D eigenvalue weighted by Gasteiger charge is 2.40. The third-order valence-corrected chi connectivity index (χ3v) is 5.55. The number of halogens is 1. The number of nitrogens with zero attached hydrogens (tertiary/aromatic N) is 3. The summed E-state index contributed by atoms with van der Waals surface area (Å²) in [4.78, 5) is 25.9. The number of aliphatic carboxylic acids is 1. The maximum atomic E-state index is 13.5. The lowest BCUT2D eigenvalue weighted by molar-refractivity contribution is -0.141. The lowest BCUT2D eigenvalue weighted by Gasteiger charge is -2.17. The molecule has 1 aliphatic rings. The molecule has 1 fully saturated rings. The number of carboxylic acids is 1. The molecule has 1 aliphatic heterocycles. The van der Waals surface area contributed by atoms with Crippen molar-refractivity contribution in [1.82, 2.24) is 14.7 Å². The van der Waals surface area contributed by atoms with Crippen molar-refractivity contribution in [3.63, 3.8) is 0 Å². The van der Waals surface area contributed by atoms with Gasteiger partial charge >= 0.3 is 5.97 Å². The predicted molar refractivity (Wildman–Crippen MR) is 97.9 cm³/mol. The van der Waals surface area contributed by atoms with E-state index in [9.17, 15) is 19.1 Å². The van der Waals surface area contributed by atoms with Gasteiger partial charge in [0.15, 0.2) is 0 Å². The molecule has 1 aromatic carbocycles. The normalized spacial score (nSPS) is 19.5. The van der Waals surface area contributed by atoms with E-state index in [1.165, 1.54) is 12.1 Å². The van der Waals surface area contributed by atoms with E-state index in [1.54, 1.807) is 17.0 Å². The minimum atomic E-state index is -0.964. The lowest BCUT2D eigenvalue weighted by Crippen LogP contribution is -2.30. The van der Waals surface area contributed by atoms with Gasteiger partial charge in [-0.2, -0.15) is 5.10 Å². The van der Waals surface area contributed by atoms with Gasteiger partial charge in [0.05, 0.1) is 11.6 Å². The van der Waals surface area contributed by atoms with Crippen LogP contribution in [0.4, 0.5) is 4.39 Å². The first-order chi connectivity index (χ1) is 12.8. The van der Waals surface area contributed by atoms with Crippen molar-refractivity contribution in [2.45, 2.75) is 39.7 Å². The Morgan fingerprint density at radius 3 is 2.59 bits per heavy atom. The van der Waals surface area contributed by atoms with E-state index in [2.05, 4.69) is 5.10 Å². The Balaban J connectivity index is 1.70. The number of aryl methyl sites for hydroxylation is 2. The minimum absolute atomic E-state index is 0.106. The second-order valence-corrected chi connectivity index (χ2v) is 7.17. The average molecular weight is 373 g/mol. The van der Waals surface area contributed by atoms with Crippen LogP contribution in [0.25, 0.3) is 0 Å². The zero-order valence-corrected chi connectivity index (χ0v) is 15.8. The fourth-order valence-electron chi connectivity index (χ4n) is 3.70. The van der Waals surface area contributed by atoms with Crippen LogP contribution in [0.1, 0.15) is 34.9 Å². The topological polar surface area (TPSA) is 75.4 Å². The van der Waals surface area contributed by atoms with E-state index in [0.717, 1.165) is 17.0 Å². The van der Waals surface area contributed by atoms with E-state index in [0.29, 0.717) is 12.1 Å². The van der Waals surface area contributed by atoms with Gasteiger partial charge in [0.1, 0.15) is 5.82 Å². The van der Waals surface area contributed by atoms with Gasteiger partial charge in [-0.25, -0.2) is 4.39 Å². The van der Waals surface area contributed by atoms with Gasteiger partial charge in [0.2, 0.25) is 5.91 Å². The third-order valence-electron chi connectivity index (χ3n) is 5.55. The zero-order chi connectivity index (χ0) is 19.7. The quantitative estimate of drug-likeness (QED) is 0.874. The smallest absolute Gasteiger partial charge is 0.308 e. The SMILES string of the molecule is Cc1nn(CCC(=O)N2C[C@H](C(=O)O)[C@@H](c3cccc(F)c3)C2)c(C)c1C. The monoisotopic (exact) mass is 373 g/mol. The molecule has 1 N–H and O–H groups in total. The summed E-state index contributed by atoms with van der Waals surface area (Å²) in [5.74, 6) is -2.61. The van der Waals surface area contributed by atoms with Crippen LogP contribution in [0.5, 0.6) is 0 Å². The van der Waals surface area contributed by atoms with Gasteiger partial charge in [-0.05, 0) is 44.0 Å². The number of benzene rings is 1. The number of likely N-dealkylation sites (tertiary alicyclic amines) is 1. The highest BCUT2D eigenvalue weighted by molar-refractivity contribution is 5.79. The first-order valence-corrected chi connectivity index (χ1v) is 9.04. The van der Waals surface area contributed by atoms with E-state index < -0.39 is 23.6 Å². The predicted octanol–water partition coefficient (Wildman–Crippen LogP) is 2.66. The summed E-state index contributed by atoms with van der Waals surface area (Å²) < 4.78 is 15.4. The first-order valence-electron chi connectivity index (χ1n) is 9.04. The molecular weight excluding hydrogens is 349 g/mol. The summed E-state index contributed by atoms with van der Waals surface area (Å²) in [6, 6.07) is 5.97. The number of aromatic nitrogens is 2. The lowest BCUT2D eigenvalue weighted by atomic mass is 9.89. The molecule has 3 rings (SSSR count). The van der Waals surface area contributed by atoms with Crippen LogP contribution in [0.2, 0.25) is 0 Å². The molecule has 7 heteroatoms. The molecule has 1 saturated heterocycles. The molecule has 0 bridgehead atoms. The zero-order valence-electron chi connectivity index (χ0n) is 15.8. The van der Waals surface area contributed by atoms with Crippen molar-refractivity contribution in [2.24, 2.45) is 5.92 Å². The molecule has 0 saturated carbocycles. The Labute approximate surface area is 157 Å². The number of rotatable bonds is 5. The molecule has 0 spiro atoms. The van der Waals surface area contributed by atoms with Crippen molar-refractivity contribution in [2.75, 3.05) is 13.1 Å². The highest BCUT2D eigenvalue weighted by atomic mass is 19.1. The molecule has 0 aliphatic carbocycles. The van der Waals surface area contributed by atoms with Gasteiger partial charge in [0.25, 0.3) is 0 Å². The number of carbonyl (C=O) groups excluding carboxylic acids is 1. The largest absolute Gasteiger partial charge is 0.481 e. The first kappa shape index (κ1) is 19.1. The van der Waals surface area contributed by atoms with Crippen LogP contribution < -0.4 is 0 Å². The molecule has 0 unspecified atom stereocenters. The van der Waals surface area contributed by atoms with E-state index in [1.807, 2.05) is 25.5 Å². The number of hydrogen-bond acceptors (Lipinski definition) is 3. The summed E-state index contributed by atoms with van der Waals surface area (Å²) in [5.41, 5.74) is 3.70. The van der Waals surface area contributed by atoms with Crippen molar-refractivity contribution in [1.29, 1.82) is 0 Å². The summed E-state index contributed by atoms with van der Waals surface area (Å²) >= 11 is 0. The van der Waals surface area contributed by atoms with Crippen molar-refractivity contribution < 1.29 is 19.1 Å². The fraction of sp³-hybridized carbons (Fsp3) is 0.450. The number of amides is 1. The molecular formula is C20H24FN3O3. The van der Waals surface area contributed by atoms with Crippen molar-refractivity contribution in [3.8, 4) is 0 Å². The third kappa shape index (κ3) is 3.86. The molecule has 6 nitrogen and oxygen atoms in total. The number of carboxylic acid groups (broad SMARTS) is 1. The van der Waals surface area contributed by atoms with Gasteiger partial charge in [-0.15, -0.1) is 0 Å². The molecule has 1 aromatic heterocycles. The number of carbonyl (C=O) groups is 2. The van der Waals surface area contributed by atoms with Gasteiger partial charge in [-0.3, -0.25) is 14.3 Å². The standard InChI is InChI=1S/C20H24FN3O3/c1-12-13(2)22-24(14(12)3)8-7-19(25)23-10-17(18(11-23)20(26)27)15-5-4-6-16(21)9-15/h4-6,9,17-18H,7-8,10-11H2,1-3H3,(H,26,27)/t17-,18+/m1/s1. The molecule has 0 radical (unpaired) electrons. The Hall–Kier alpha value is -2.70. The van der Waals surface area contributed by atoms with Crippen LogP contribution in [-0.4, -0.2) is 44.8 Å². The van der Waals surface area contributed by atoms with E-state index in [-0.39, 0.29) is 25.4 Å². The number of hydrogen-bond donors (Lipinski definition) is 1. The van der Waals surface area contributed by atoms with Crippen LogP contribution in [-0.2, 0) is 16.1 Å². The van der Waals surface area contributed by atoms with Crippen LogP contribution in [0.15, 0.2) is 24.3 Å². The van der Waals surface area contributed by atoms with Gasteiger partial charge in [-0.1, -0.05) is 12.1 Å². The summed E-state index contributed by atoms with van der Waals surface area (Å²) in [5, 5.41) is 14.0. The molecule has 1 amide bonds. The summed E-state index contributed by atoms with van der Waals surface area (Å²) in [6.45, 7) is 6.79. The fourth-order valence-corrected chi connectivity index (χ4v) is 3.70. The second-order valence-electron chi connectivity index (χ2n) is 7.17.